The number of carbonyl (C=O) groups is 2. The highest BCUT2D eigenvalue weighted by Crippen LogP contribution is 2.53. The number of thiocarbonyl (C=S) groups is 1. The maximum atomic E-state index is 12.7. The monoisotopic (exact) mass is 425 g/mol. The van der Waals surface area contributed by atoms with E-state index in [2.05, 4.69) is 0 Å². The Kier molecular flexibility index (Phi) is 6.98. The van der Waals surface area contributed by atoms with Crippen LogP contribution in [0, 0.1) is 0 Å². The number of methoxy groups -OCH3 is 1. The van der Waals surface area contributed by atoms with Crippen molar-refractivity contribution in [3.05, 3.63) is 24.3 Å². The zero-order valence-electron chi connectivity index (χ0n) is 17.1. The summed E-state index contributed by atoms with van der Waals surface area (Å²) in [4.78, 5) is 26.5. The lowest BCUT2D eigenvalue weighted by Crippen LogP contribution is -2.59. The second kappa shape index (κ2) is 8.69. The number of nitrogens with zero attached hydrogens (tertiary/aromatic N) is 1. The molecule has 8 heteroatoms. The number of hydrogen-bond donors (Lipinski definition) is 0. The van der Waals surface area contributed by atoms with Crippen molar-refractivity contribution in [1.29, 1.82) is 0 Å². The van der Waals surface area contributed by atoms with Gasteiger partial charge in [-0.2, -0.15) is 0 Å². The molecule has 6 nitrogen and oxygen atoms in total. The van der Waals surface area contributed by atoms with E-state index in [0.29, 0.717) is 16.4 Å². The average Bonchev–Trinajstić information content (AvgIpc) is 2.88. The third kappa shape index (κ3) is 4.12. The van der Waals surface area contributed by atoms with E-state index >= 15 is 0 Å². The summed E-state index contributed by atoms with van der Waals surface area (Å²) < 4.78 is 16.1. The van der Waals surface area contributed by atoms with Gasteiger partial charge in [-0.25, -0.2) is 4.79 Å². The number of benzene rings is 1. The lowest BCUT2D eigenvalue weighted by atomic mass is 9.99. The van der Waals surface area contributed by atoms with Crippen molar-refractivity contribution in [2.24, 2.45) is 0 Å². The molecule has 1 aromatic rings. The van der Waals surface area contributed by atoms with Crippen molar-refractivity contribution in [1.82, 2.24) is 4.90 Å². The lowest BCUT2D eigenvalue weighted by molar-refractivity contribution is -0.156. The van der Waals surface area contributed by atoms with Crippen molar-refractivity contribution >= 4 is 40.7 Å². The molecule has 1 saturated heterocycles. The van der Waals surface area contributed by atoms with Gasteiger partial charge in [0.2, 0.25) is 5.91 Å². The van der Waals surface area contributed by atoms with E-state index in [1.54, 1.807) is 33.1 Å². The van der Waals surface area contributed by atoms with E-state index in [1.165, 1.54) is 23.6 Å². The van der Waals surface area contributed by atoms with Gasteiger partial charge in [-0.1, -0.05) is 24.4 Å². The highest BCUT2D eigenvalue weighted by molar-refractivity contribution is 8.04. The zero-order valence-corrected chi connectivity index (χ0v) is 18.7. The highest BCUT2D eigenvalue weighted by Gasteiger charge is 2.62. The summed E-state index contributed by atoms with van der Waals surface area (Å²) in [5, 5.41) is 0. The molecule has 1 fully saturated rings. The molecular weight excluding hydrogens is 398 g/mol. The van der Waals surface area contributed by atoms with Crippen LogP contribution in [0.4, 0.5) is 0 Å². The molecule has 28 heavy (non-hydrogen) atoms. The number of ether oxygens (including phenoxy) is 3. The van der Waals surface area contributed by atoms with Crippen LogP contribution in [0.3, 0.4) is 0 Å². The molecule has 0 N–H and O–H groups in total. The summed E-state index contributed by atoms with van der Waals surface area (Å²) >= 11 is 7.02. The number of amides is 1. The van der Waals surface area contributed by atoms with Gasteiger partial charge in [-0.3, -0.25) is 4.79 Å². The van der Waals surface area contributed by atoms with Gasteiger partial charge in [0.15, 0.2) is 16.4 Å². The van der Waals surface area contributed by atoms with Crippen LogP contribution < -0.4 is 9.47 Å². The van der Waals surface area contributed by atoms with Crippen LogP contribution in [0.1, 0.15) is 34.6 Å². The van der Waals surface area contributed by atoms with Gasteiger partial charge in [-0.15, -0.1) is 11.8 Å². The molecule has 0 aliphatic carbocycles. The van der Waals surface area contributed by atoms with Crippen LogP contribution >= 0.6 is 24.0 Å². The Morgan fingerprint density at radius 2 is 1.82 bits per heavy atom. The summed E-state index contributed by atoms with van der Waals surface area (Å²) in [6, 6.07) is 6.50. The van der Waals surface area contributed by atoms with Crippen molar-refractivity contribution in [3.8, 4) is 11.5 Å². The lowest BCUT2D eigenvalue weighted by Gasteiger charge is -2.38. The van der Waals surface area contributed by atoms with Gasteiger partial charge in [0, 0.05) is 16.5 Å². The van der Waals surface area contributed by atoms with E-state index in [0.717, 1.165) is 0 Å². The van der Waals surface area contributed by atoms with E-state index in [9.17, 15) is 9.59 Å². The second-order valence-electron chi connectivity index (χ2n) is 7.03. The Morgan fingerprint density at radius 1 is 1.21 bits per heavy atom. The predicted molar refractivity (Wildman–Crippen MR) is 114 cm³/mol. The SMILES string of the molecule is CCOC(=O)C1N(C(C)=O)C(COc2ccccc2OC)(C(C)=S)SC1(C)C. The maximum Gasteiger partial charge on any atom is 0.330 e. The molecular formula is C20H27NO5S2. The van der Waals surface area contributed by atoms with E-state index in [-0.39, 0.29) is 19.1 Å². The van der Waals surface area contributed by atoms with E-state index in [4.69, 9.17) is 26.4 Å². The predicted octanol–water partition coefficient (Wildman–Crippen LogP) is 3.47. The highest BCUT2D eigenvalue weighted by atomic mass is 32.2. The topological polar surface area (TPSA) is 65.1 Å². The Morgan fingerprint density at radius 3 is 2.32 bits per heavy atom. The van der Waals surface area contributed by atoms with Gasteiger partial charge >= 0.3 is 5.97 Å². The molecule has 2 unspecified atom stereocenters. The molecule has 0 aromatic heterocycles. The second-order valence-corrected chi connectivity index (χ2v) is 9.57. The molecule has 1 aromatic carbocycles. The minimum Gasteiger partial charge on any atom is -0.493 e. The molecule has 154 valence electrons. The fourth-order valence-electron chi connectivity index (χ4n) is 3.46. The molecule has 0 spiro atoms. The van der Waals surface area contributed by atoms with Crippen LogP contribution in [-0.2, 0) is 14.3 Å². The number of rotatable bonds is 7. The first-order chi connectivity index (χ1) is 13.1. The summed E-state index contributed by atoms with van der Waals surface area (Å²) in [5.41, 5.74) is 0. The third-order valence-electron chi connectivity index (χ3n) is 4.63. The summed E-state index contributed by atoms with van der Waals surface area (Å²) in [7, 11) is 1.56. The smallest absolute Gasteiger partial charge is 0.330 e. The summed E-state index contributed by atoms with van der Waals surface area (Å²) in [6.45, 7) is 9.11. The Hall–Kier alpha value is -1.80. The van der Waals surface area contributed by atoms with Gasteiger partial charge < -0.3 is 19.1 Å². The fraction of sp³-hybridized carbons (Fsp3) is 0.550. The van der Waals surface area contributed by atoms with Gasteiger partial charge in [0.05, 0.1) is 13.7 Å². The number of para-hydroxylation sites is 2. The molecule has 2 rings (SSSR count). The maximum absolute atomic E-state index is 12.7. The van der Waals surface area contributed by atoms with Crippen LogP contribution in [-0.4, -0.2) is 57.6 Å². The standard InChI is InChI=1S/C20H27NO5S2/c1-7-25-18(23)17-19(4,5)28-20(13(2)27,21(17)14(3)22)12-26-16-11-9-8-10-15(16)24-6/h8-11,17H,7,12H2,1-6H3. The van der Waals surface area contributed by atoms with Crippen molar-refractivity contribution in [3.63, 3.8) is 0 Å². The first-order valence-electron chi connectivity index (χ1n) is 9.04. The quantitative estimate of drug-likeness (QED) is 0.490. The first-order valence-corrected chi connectivity index (χ1v) is 10.3. The Balaban J connectivity index is 2.46. The van der Waals surface area contributed by atoms with Gasteiger partial charge in [-0.05, 0) is 39.8 Å². The summed E-state index contributed by atoms with van der Waals surface area (Å²) in [6.07, 6.45) is 0. The Labute approximate surface area is 175 Å². The molecule has 1 amide bonds. The minimum absolute atomic E-state index is 0.0896. The molecule has 1 heterocycles. The number of esters is 1. The third-order valence-corrected chi connectivity index (χ3v) is 6.80. The van der Waals surface area contributed by atoms with E-state index < -0.39 is 21.6 Å². The Bertz CT molecular complexity index is 767. The van der Waals surface area contributed by atoms with Crippen LogP contribution in [0.25, 0.3) is 0 Å². The largest absolute Gasteiger partial charge is 0.493 e. The average molecular weight is 426 g/mol. The molecule has 2 atom stereocenters. The van der Waals surface area contributed by atoms with Gasteiger partial charge in [0.1, 0.15) is 12.6 Å². The molecule has 0 saturated carbocycles. The van der Waals surface area contributed by atoms with Crippen LogP contribution in [0.15, 0.2) is 24.3 Å². The molecule has 0 bridgehead atoms. The molecule has 0 radical (unpaired) electrons. The van der Waals surface area contributed by atoms with Gasteiger partial charge in [0.25, 0.3) is 0 Å². The number of carbonyl (C=O) groups excluding carboxylic acids is 2. The zero-order chi connectivity index (χ0) is 21.1. The molecule has 1 aliphatic heterocycles. The minimum atomic E-state index is -0.983. The molecule has 1 aliphatic rings. The number of thioether (sulfide) groups is 1. The van der Waals surface area contributed by atoms with Crippen molar-refractivity contribution in [2.45, 2.75) is 50.3 Å². The normalized spacial score (nSPS) is 23.2. The fourth-order valence-corrected chi connectivity index (χ4v) is 5.52. The van der Waals surface area contributed by atoms with Crippen molar-refractivity contribution in [2.75, 3.05) is 20.3 Å². The van der Waals surface area contributed by atoms with Crippen molar-refractivity contribution < 1.29 is 23.8 Å². The van der Waals surface area contributed by atoms with Crippen LogP contribution in [0.5, 0.6) is 11.5 Å². The van der Waals surface area contributed by atoms with Crippen LogP contribution in [0.2, 0.25) is 0 Å². The summed E-state index contributed by atoms with van der Waals surface area (Å²) in [5.74, 6) is 0.426. The van der Waals surface area contributed by atoms with E-state index in [1.807, 2.05) is 26.0 Å². The number of hydrogen-bond acceptors (Lipinski definition) is 7. The first kappa shape index (κ1) is 22.5.